The van der Waals surface area contributed by atoms with Gasteiger partial charge in [0.25, 0.3) is 0 Å². The molecule has 1 aromatic heterocycles. The van der Waals surface area contributed by atoms with E-state index in [1.165, 1.54) is 21.6 Å². The van der Waals surface area contributed by atoms with Crippen LogP contribution in [-0.4, -0.2) is 45.1 Å². The summed E-state index contributed by atoms with van der Waals surface area (Å²) >= 11 is 0. The quantitative estimate of drug-likeness (QED) is 0.277. The number of oxime groups is 1. The molecule has 1 amide bonds. The van der Waals surface area contributed by atoms with Crippen LogP contribution in [0, 0.1) is 13.8 Å². The Morgan fingerprint density at radius 3 is 2.50 bits per heavy atom. The van der Waals surface area contributed by atoms with Gasteiger partial charge in [0.15, 0.2) is 0 Å². The van der Waals surface area contributed by atoms with Gasteiger partial charge in [-0.2, -0.15) is 0 Å². The van der Waals surface area contributed by atoms with Gasteiger partial charge in [-0.25, -0.2) is 4.79 Å². The molecule has 0 saturated carbocycles. The first kappa shape index (κ1) is 23.2. The molecule has 0 bridgehead atoms. The van der Waals surface area contributed by atoms with Crippen LogP contribution in [0.1, 0.15) is 52.3 Å². The van der Waals surface area contributed by atoms with Crippen LogP contribution in [-0.2, 0) is 0 Å². The van der Waals surface area contributed by atoms with E-state index < -0.39 is 6.09 Å². The second-order valence-electron chi connectivity index (χ2n) is 8.68. The lowest BCUT2D eigenvalue weighted by molar-refractivity contribution is 0.150. The Balaban J connectivity index is 1.65. The first-order chi connectivity index (χ1) is 16.5. The highest BCUT2D eigenvalue weighted by Gasteiger charge is 2.21. The van der Waals surface area contributed by atoms with Gasteiger partial charge in [-0.15, -0.1) is 0 Å². The van der Waals surface area contributed by atoms with Crippen LogP contribution >= 0.6 is 0 Å². The Morgan fingerprint density at radius 1 is 1.12 bits per heavy atom. The van der Waals surface area contributed by atoms with E-state index in [1.54, 1.807) is 6.20 Å². The Hall–Kier alpha value is -3.93. The average Bonchev–Trinajstić information content (AvgIpc) is 2.86. The first-order valence-corrected chi connectivity index (χ1v) is 11.4. The Morgan fingerprint density at radius 2 is 1.88 bits per heavy atom. The predicted octanol–water partition coefficient (Wildman–Crippen LogP) is 5.87. The van der Waals surface area contributed by atoms with Gasteiger partial charge < -0.3 is 15.2 Å². The van der Waals surface area contributed by atoms with E-state index in [4.69, 9.17) is 0 Å². The minimum absolute atomic E-state index is 0.0115. The molecule has 2 N–H and O–H groups in total. The molecule has 2 heterocycles. The van der Waals surface area contributed by atoms with Crippen LogP contribution in [0.5, 0.6) is 0 Å². The Kier molecular flexibility index (Phi) is 7.07. The maximum atomic E-state index is 11.2. The first-order valence-electron chi connectivity index (χ1n) is 11.4. The summed E-state index contributed by atoms with van der Waals surface area (Å²) in [6.45, 7) is 4.95. The fraction of sp³-hybridized carbons (Fsp3) is 0.250. The second-order valence-corrected chi connectivity index (χ2v) is 8.68. The van der Waals surface area contributed by atoms with E-state index >= 15 is 0 Å². The van der Waals surface area contributed by atoms with Gasteiger partial charge in [0.05, 0.1) is 5.71 Å². The number of hydrogen-bond acceptors (Lipinski definition) is 4. The molecule has 3 aromatic rings. The van der Waals surface area contributed by atoms with Gasteiger partial charge in [-0.05, 0) is 60.2 Å². The molecule has 1 unspecified atom stereocenters. The summed E-state index contributed by atoms with van der Waals surface area (Å²) in [6.07, 6.45) is 4.10. The summed E-state index contributed by atoms with van der Waals surface area (Å²) < 4.78 is 0. The lowest BCUT2D eigenvalue weighted by atomic mass is 9.83. The summed E-state index contributed by atoms with van der Waals surface area (Å²) in [5.41, 5.74) is 8.14. The van der Waals surface area contributed by atoms with Crippen LogP contribution in [0.25, 0.3) is 5.57 Å². The van der Waals surface area contributed by atoms with Crippen molar-refractivity contribution in [2.45, 2.75) is 32.6 Å². The zero-order valence-corrected chi connectivity index (χ0v) is 19.5. The third kappa shape index (κ3) is 5.17. The molecule has 0 radical (unpaired) electrons. The molecule has 34 heavy (non-hydrogen) atoms. The van der Waals surface area contributed by atoms with Crippen molar-refractivity contribution in [3.05, 3.63) is 106 Å². The van der Waals surface area contributed by atoms with E-state index in [0.717, 1.165) is 22.4 Å². The molecule has 6 heteroatoms. The number of aryl methyl sites for hydroxylation is 2. The van der Waals surface area contributed by atoms with E-state index in [9.17, 15) is 15.1 Å². The number of pyridine rings is 1. The van der Waals surface area contributed by atoms with Crippen molar-refractivity contribution in [1.29, 1.82) is 0 Å². The number of rotatable bonds is 6. The Labute approximate surface area is 199 Å². The predicted molar refractivity (Wildman–Crippen MR) is 134 cm³/mol. The van der Waals surface area contributed by atoms with E-state index in [2.05, 4.69) is 53.5 Å². The fourth-order valence-corrected chi connectivity index (χ4v) is 4.55. The molecule has 1 atom stereocenters. The topological polar surface area (TPSA) is 86.0 Å². The molecule has 0 saturated heterocycles. The van der Waals surface area contributed by atoms with Crippen molar-refractivity contribution in [3.63, 3.8) is 0 Å². The number of carboxylic acid groups (broad SMARTS) is 1. The maximum Gasteiger partial charge on any atom is 0.407 e. The van der Waals surface area contributed by atoms with Gasteiger partial charge in [-0.3, -0.25) is 4.98 Å². The Bertz CT molecular complexity index is 1230. The summed E-state index contributed by atoms with van der Waals surface area (Å²) in [7, 11) is 0. The van der Waals surface area contributed by atoms with Gasteiger partial charge in [0.1, 0.15) is 0 Å². The monoisotopic (exact) mass is 455 g/mol. The standard InChI is InChI=1S/C28H29N3O3/c1-19-5-3-4-6-25(19)26(18-27(30-34)24-11-14-29-20(2)17-24)23-9-7-21(8-10-23)22-12-15-31(16-13-22)28(32)33/h3-12,14,17,26,34H,13,15-16,18H2,1-2H3,(H,32,33). The number of aromatic nitrogens is 1. The maximum absolute atomic E-state index is 11.2. The zero-order valence-electron chi connectivity index (χ0n) is 19.5. The van der Waals surface area contributed by atoms with E-state index in [1.807, 2.05) is 37.3 Å². The molecule has 0 fully saturated rings. The minimum atomic E-state index is -0.877. The highest BCUT2D eigenvalue weighted by Crippen LogP contribution is 2.33. The van der Waals surface area contributed by atoms with Crippen molar-refractivity contribution in [1.82, 2.24) is 9.88 Å². The highest BCUT2D eigenvalue weighted by molar-refractivity contribution is 6.01. The smallest absolute Gasteiger partial charge is 0.407 e. The molecule has 4 rings (SSSR count). The third-order valence-electron chi connectivity index (χ3n) is 6.48. The summed E-state index contributed by atoms with van der Waals surface area (Å²) in [5, 5.41) is 22.7. The number of carbonyl (C=O) groups is 1. The van der Waals surface area contributed by atoms with Crippen molar-refractivity contribution in [2.24, 2.45) is 5.16 Å². The lowest BCUT2D eigenvalue weighted by Gasteiger charge is -2.24. The minimum Gasteiger partial charge on any atom is -0.465 e. The molecule has 0 spiro atoms. The molecular weight excluding hydrogens is 426 g/mol. The highest BCUT2D eigenvalue weighted by atomic mass is 16.4. The lowest BCUT2D eigenvalue weighted by Crippen LogP contribution is -2.33. The average molecular weight is 456 g/mol. The second kappa shape index (κ2) is 10.3. The number of amides is 1. The van der Waals surface area contributed by atoms with Crippen molar-refractivity contribution < 1.29 is 15.1 Å². The molecule has 1 aliphatic heterocycles. The molecule has 0 aliphatic carbocycles. The number of benzene rings is 2. The van der Waals surface area contributed by atoms with Gasteiger partial charge in [-0.1, -0.05) is 59.8 Å². The van der Waals surface area contributed by atoms with E-state index in [0.29, 0.717) is 31.6 Å². The molecule has 6 nitrogen and oxygen atoms in total. The molecule has 2 aromatic carbocycles. The van der Waals surface area contributed by atoms with Gasteiger partial charge in [0, 0.05) is 42.9 Å². The molecule has 1 aliphatic rings. The van der Waals surface area contributed by atoms with Crippen molar-refractivity contribution >= 4 is 17.4 Å². The van der Waals surface area contributed by atoms with Crippen molar-refractivity contribution in [3.8, 4) is 0 Å². The van der Waals surface area contributed by atoms with E-state index in [-0.39, 0.29) is 5.92 Å². The SMILES string of the molecule is Cc1cc(C(CC(c2ccc(C3=CCN(C(=O)O)CC3)cc2)c2ccccc2C)=NO)ccn1. The largest absolute Gasteiger partial charge is 0.465 e. The molecular formula is C28H29N3O3. The van der Waals surface area contributed by atoms with Gasteiger partial charge in [0.2, 0.25) is 0 Å². The third-order valence-corrected chi connectivity index (χ3v) is 6.48. The number of nitrogens with zero attached hydrogens (tertiary/aromatic N) is 3. The zero-order chi connectivity index (χ0) is 24.1. The summed E-state index contributed by atoms with van der Waals surface area (Å²) in [6, 6.07) is 20.6. The number of hydrogen-bond donors (Lipinski definition) is 2. The van der Waals surface area contributed by atoms with Crippen LogP contribution in [0.3, 0.4) is 0 Å². The molecule has 174 valence electrons. The summed E-state index contributed by atoms with van der Waals surface area (Å²) in [4.78, 5) is 16.9. The van der Waals surface area contributed by atoms with Crippen LogP contribution in [0.2, 0.25) is 0 Å². The van der Waals surface area contributed by atoms with Crippen molar-refractivity contribution in [2.75, 3.05) is 13.1 Å². The van der Waals surface area contributed by atoms with Crippen LogP contribution in [0.15, 0.2) is 78.1 Å². The van der Waals surface area contributed by atoms with Gasteiger partial charge >= 0.3 is 6.09 Å². The fourth-order valence-electron chi connectivity index (χ4n) is 4.55. The van der Waals surface area contributed by atoms with Crippen LogP contribution < -0.4 is 0 Å². The normalized spacial score (nSPS) is 15.1. The summed E-state index contributed by atoms with van der Waals surface area (Å²) in [5.74, 6) is 0.0115. The van der Waals surface area contributed by atoms with Crippen LogP contribution in [0.4, 0.5) is 4.79 Å².